The molecule has 0 spiro atoms. The molecule has 0 atom stereocenters. The van der Waals surface area contributed by atoms with Crippen molar-refractivity contribution >= 4 is 11.6 Å². The Hall–Kier alpha value is -2.67. The Labute approximate surface area is 118 Å². The number of hydrogen-bond acceptors (Lipinski definition) is 4. The molecule has 1 heterocycles. The molecule has 2 aromatic rings. The highest BCUT2D eigenvalue weighted by Gasteiger charge is 2.42. The van der Waals surface area contributed by atoms with Crippen LogP contribution in [0, 0.1) is 0 Å². The molecule has 1 aliphatic rings. The monoisotopic (exact) mass is 292 g/mol. The number of amides is 1. The van der Waals surface area contributed by atoms with E-state index in [1.54, 1.807) is 18.2 Å². The van der Waals surface area contributed by atoms with Gasteiger partial charge in [0.25, 0.3) is 5.91 Å². The smallest absolute Gasteiger partial charge is 0.350 e. The molecule has 2 aromatic carbocycles. The zero-order valence-electron chi connectivity index (χ0n) is 10.6. The number of anilines is 1. The second kappa shape index (κ2) is 5.02. The van der Waals surface area contributed by atoms with Gasteiger partial charge in [0.15, 0.2) is 11.5 Å². The van der Waals surface area contributed by atoms with Crippen molar-refractivity contribution in [2.75, 3.05) is 5.32 Å². The molecule has 0 saturated heterocycles. The molecule has 3 rings (SSSR count). The second-order valence-corrected chi connectivity index (χ2v) is 4.34. The number of benzene rings is 2. The van der Waals surface area contributed by atoms with Gasteiger partial charge in [0.2, 0.25) is 0 Å². The molecule has 0 bridgehead atoms. The van der Waals surface area contributed by atoms with Gasteiger partial charge in [-0.2, -0.15) is 8.78 Å². The lowest BCUT2D eigenvalue weighted by molar-refractivity contribution is -0.140. The zero-order chi connectivity index (χ0) is 14.9. The molecule has 0 aromatic heterocycles. The Balaban J connectivity index is 1.84. The van der Waals surface area contributed by atoms with Crippen LogP contribution in [-0.4, -0.2) is 5.91 Å². The minimum Gasteiger partial charge on any atom is -0.370 e. The van der Waals surface area contributed by atoms with E-state index in [1.165, 1.54) is 18.2 Å². The van der Waals surface area contributed by atoms with Gasteiger partial charge < -0.3 is 15.0 Å². The molecule has 0 aliphatic carbocycles. The van der Waals surface area contributed by atoms with Gasteiger partial charge in [0, 0.05) is 16.9 Å². The highest BCUT2D eigenvalue weighted by Crippen LogP contribution is 2.37. The number of carbonyl (C=O) groups excluding carboxylic acids is 1. The van der Waals surface area contributed by atoms with E-state index in [0.29, 0.717) is 5.69 Å². The first-order chi connectivity index (χ1) is 10.1. The minimum atomic E-state index is -3.70. The van der Waals surface area contributed by atoms with E-state index in [2.05, 4.69) is 11.0 Å². The summed E-state index contributed by atoms with van der Waals surface area (Å²) in [5.74, 6) is -4.74. The summed E-state index contributed by atoms with van der Waals surface area (Å²) in [6, 6.07) is 11.5. The molecular weight excluding hydrogens is 282 g/mol. The van der Waals surface area contributed by atoms with Gasteiger partial charge in [-0.3, -0.25) is 4.79 Å². The van der Waals surface area contributed by atoms with Gasteiger partial charge in [-0.05, 0) is 30.3 Å². The number of carbonyl (C=O) groups is 1. The van der Waals surface area contributed by atoms with Crippen LogP contribution in [0.5, 0.6) is 11.5 Å². The predicted octanol–water partition coefficient (Wildman–Crippen LogP) is 2.61. The van der Waals surface area contributed by atoms with Crippen molar-refractivity contribution in [2.45, 2.75) is 5.92 Å². The topological polar surface area (TPSA) is 59.6 Å². The number of hydrogen-bond donors (Lipinski definition) is 2. The lowest BCUT2D eigenvalue weighted by Crippen LogP contribution is -2.32. The SMILES string of the molecule is O=C(Nc1ccccc1)C(F)(F)c1ccc2c(c1)ONO2. The molecule has 108 valence electrons. The van der Waals surface area contributed by atoms with E-state index in [-0.39, 0.29) is 11.5 Å². The number of rotatable bonds is 3. The Morgan fingerprint density at radius 2 is 1.76 bits per heavy atom. The summed E-state index contributed by atoms with van der Waals surface area (Å²) in [7, 11) is 0. The average Bonchev–Trinajstić information content (AvgIpc) is 2.95. The first-order valence-corrected chi connectivity index (χ1v) is 6.05. The first-order valence-electron chi connectivity index (χ1n) is 6.05. The van der Waals surface area contributed by atoms with Gasteiger partial charge in [0.1, 0.15) is 0 Å². The molecule has 1 amide bonds. The highest BCUT2D eigenvalue weighted by molar-refractivity contribution is 5.96. The van der Waals surface area contributed by atoms with Gasteiger partial charge in [0.05, 0.1) is 0 Å². The van der Waals surface area contributed by atoms with Crippen LogP contribution in [0.25, 0.3) is 0 Å². The van der Waals surface area contributed by atoms with Crippen molar-refractivity contribution in [2.24, 2.45) is 0 Å². The fraction of sp³-hybridized carbons (Fsp3) is 0.0714. The van der Waals surface area contributed by atoms with Crippen LogP contribution >= 0.6 is 0 Å². The summed E-state index contributed by atoms with van der Waals surface area (Å²) in [6.45, 7) is 0. The number of nitrogens with one attached hydrogen (secondary N) is 2. The zero-order valence-corrected chi connectivity index (χ0v) is 10.6. The van der Waals surface area contributed by atoms with E-state index in [9.17, 15) is 13.6 Å². The predicted molar refractivity (Wildman–Crippen MR) is 69.8 cm³/mol. The van der Waals surface area contributed by atoms with Crippen molar-refractivity contribution in [1.29, 1.82) is 0 Å². The van der Waals surface area contributed by atoms with E-state index in [4.69, 9.17) is 9.68 Å². The van der Waals surface area contributed by atoms with E-state index < -0.39 is 17.4 Å². The summed E-state index contributed by atoms with van der Waals surface area (Å²) in [6.07, 6.45) is 0. The molecule has 2 N–H and O–H groups in total. The Bertz CT molecular complexity index is 677. The van der Waals surface area contributed by atoms with Gasteiger partial charge in [-0.25, -0.2) is 0 Å². The van der Waals surface area contributed by atoms with Crippen molar-refractivity contribution in [3.63, 3.8) is 0 Å². The molecular formula is C14H10F2N2O3. The normalized spacial score (nSPS) is 13.0. The number of fused-ring (bicyclic) bond motifs is 1. The Morgan fingerprint density at radius 1 is 1.05 bits per heavy atom. The van der Waals surface area contributed by atoms with Crippen molar-refractivity contribution in [3.8, 4) is 11.5 Å². The maximum Gasteiger partial charge on any atom is 0.350 e. The Kier molecular flexibility index (Phi) is 3.19. The van der Waals surface area contributed by atoms with Crippen LogP contribution in [0.3, 0.4) is 0 Å². The first kappa shape index (κ1) is 13.3. The summed E-state index contributed by atoms with van der Waals surface area (Å²) in [4.78, 5) is 21.4. The molecule has 21 heavy (non-hydrogen) atoms. The van der Waals surface area contributed by atoms with Crippen LogP contribution in [-0.2, 0) is 10.7 Å². The average molecular weight is 292 g/mol. The van der Waals surface area contributed by atoms with Crippen LogP contribution in [0.15, 0.2) is 48.5 Å². The molecule has 0 radical (unpaired) electrons. The minimum absolute atomic E-state index is 0.0969. The fourth-order valence-electron chi connectivity index (χ4n) is 1.84. The molecule has 0 fully saturated rings. The highest BCUT2D eigenvalue weighted by atomic mass is 19.3. The van der Waals surface area contributed by atoms with E-state index in [1.807, 2.05) is 0 Å². The summed E-state index contributed by atoms with van der Waals surface area (Å²) < 4.78 is 28.3. The molecule has 5 nitrogen and oxygen atoms in total. The largest absolute Gasteiger partial charge is 0.370 e. The lowest BCUT2D eigenvalue weighted by Gasteiger charge is -2.16. The van der Waals surface area contributed by atoms with E-state index >= 15 is 0 Å². The third-order valence-electron chi connectivity index (χ3n) is 2.93. The van der Waals surface area contributed by atoms with Gasteiger partial charge in [-0.1, -0.05) is 18.2 Å². The molecule has 0 unspecified atom stereocenters. The standard InChI is InChI=1S/C14H10F2N2O3/c15-14(16,13(19)17-10-4-2-1-3-5-10)9-6-7-11-12(8-9)21-18-20-11/h1-8,18H,(H,17,19). The van der Waals surface area contributed by atoms with Crippen LogP contribution in [0.4, 0.5) is 14.5 Å². The maximum atomic E-state index is 14.2. The molecule has 7 heteroatoms. The van der Waals surface area contributed by atoms with Crippen LogP contribution in [0.1, 0.15) is 5.56 Å². The van der Waals surface area contributed by atoms with E-state index in [0.717, 1.165) is 12.1 Å². The quantitative estimate of drug-likeness (QED) is 0.913. The number of halogens is 2. The molecule has 1 aliphatic heterocycles. The van der Waals surface area contributed by atoms with Gasteiger partial charge in [-0.15, -0.1) is 0 Å². The number of alkyl halides is 2. The van der Waals surface area contributed by atoms with Crippen molar-refractivity contribution in [1.82, 2.24) is 5.64 Å². The number of para-hydroxylation sites is 1. The summed E-state index contributed by atoms with van der Waals surface area (Å²) in [5, 5.41) is 2.17. The van der Waals surface area contributed by atoms with Crippen LogP contribution < -0.4 is 20.6 Å². The third kappa shape index (κ3) is 2.50. The molecule has 0 saturated carbocycles. The van der Waals surface area contributed by atoms with Gasteiger partial charge >= 0.3 is 5.92 Å². The lowest BCUT2D eigenvalue weighted by atomic mass is 10.1. The summed E-state index contributed by atoms with van der Waals surface area (Å²) >= 11 is 0. The van der Waals surface area contributed by atoms with Crippen molar-refractivity contribution in [3.05, 3.63) is 54.1 Å². The van der Waals surface area contributed by atoms with Crippen molar-refractivity contribution < 1.29 is 23.3 Å². The Morgan fingerprint density at radius 3 is 2.52 bits per heavy atom. The fourth-order valence-corrected chi connectivity index (χ4v) is 1.84. The maximum absolute atomic E-state index is 14.2. The third-order valence-corrected chi connectivity index (χ3v) is 2.93. The van der Waals surface area contributed by atoms with Crippen LogP contribution in [0.2, 0.25) is 0 Å². The summed E-state index contributed by atoms with van der Waals surface area (Å²) in [5.41, 5.74) is 1.90. The second-order valence-electron chi connectivity index (χ2n) is 4.34.